The predicted octanol–water partition coefficient (Wildman–Crippen LogP) is 5.54. The van der Waals surface area contributed by atoms with Gasteiger partial charge in [0, 0.05) is 37.3 Å². The molecular formula is C39H49N5O6S. The monoisotopic (exact) mass is 715 g/mol. The van der Waals surface area contributed by atoms with E-state index in [1.54, 1.807) is 26.1 Å². The molecule has 3 heterocycles. The Kier molecular flexibility index (Phi) is 9.51. The number of aryl methyl sites for hydroxylation is 3. The molecule has 1 fully saturated rings. The number of aromatic nitrogens is 2. The van der Waals surface area contributed by atoms with Crippen LogP contribution in [0.25, 0.3) is 0 Å². The van der Waals surface area contributed by atoms with Gasteiger partial charge in [0.25, 0.3) is 11.8 Å². The number of methoxy groups -OCH3 is 1. The van der Waals surface area contributed by atoms with Crippen LogP contribution in [-0.4, -0.2) is 69.1 Å². The number of rotatable bonds is 3. The quantitative estimate of drug-likeness (QED) is 0.338. The van der Waals surface area contributed by atoms with E-state index >= 15 is 0 Å². The maximum Gasteiger partial charge on any atom is 0.286 e. The fourth-order valence-corrected chi connectivity index (χ4v) is 10.2. The third-order valence-corrected chi connectivity index (χ3v) is 14.1. The largest absolute Gasteiger partial charge is 0.490 e. The fourth-order valence-electron chi connectivity index (χ4n) is 8.38. The van der Waals surface area contributed by atoms with E-state index in [4.69, 9.17) is 9.47 Å². The molecule has 2 amide bonds. The first-order chi connectivity index (χ1) is 24.4. The number of fused-ring (bicyclic) bond motifs is 4. The van der Waals surface area contributed by atoms with Crippen LogP contribution in [0.2, 0.25) is 0 Å². The molecule has 1 saturated carbocycles. The minimum atomic E-state index is -3.69. The van der Waals surface area contributed by atoms with E-state index in [-0.39, 0.29) is 40.2 Å². The molecule has 7 unspecified atom stereocenters. The first-order valence-electron chi connectivity index (χ1n) is 18.1. The van der Waals surface area contributed by atoms with Crippen LogP contribution in [-0.2, 0) is 28.8 Å². The summed E-state index contributed by atoms with van der Waals surface area (Å²) in [5.41, 5.74) is 4.82. The van der Waals surface area contributed by atoms with Crippen molar-refractivity contribution in [2.75, 3.05) is 31.7 Å². The SMILES string of the molecule is COc1nn(C)cc1C(=O)NS1(=O)=NC(=O)c2ccc3c(c2)N(CC2CCC2C(O)/C=C/CC(C)C1C)CC1(CCCc2cc(C)ccc21)CO3. The lowest BCUT2D eigenvalue weighted by Gasteiger charge is -2.45. The third-order valence-electron chi connectivity index (χ3n) is 11.7. The van der Waals surface area contributed by atoms with Gasteiger partial charge in [-0.3, -0.25) is 19.0 Å². The summed E-state index contributed by atoms with van der Waals surface area (Å²) >= 11 is 0. The van der Waals surface area contributed by atoms with E-state index in [1.165, 1.54) is 34.7 Å². The standard InChI is InChI=1S/C39H49N5O6S/c1-24-11-15-32-27(18-24)9-7-17-39(32)22-44-20-29-12-14-30(29)34(45)10-6-8-25(2)26(3)51(48,42-37(47)31-21-43(4)40-38(31)49-5)41-36(46)28-13-16-35(50-23-39)33(44)19-28/h6,10-11,13,15-16,18-19,21,25-26,29-30,34,45H,7-9,12,14,17,20,22-23H2,1-5H3,(H,41,42,46,47,48)/b10-6+. The molecule has 2 aromatic carbocycles. The molecule has 1 spiro atoms. The fraction of sp³-hybridized carbons (Fsp3) is 0.513. The molecular weight excluding hydrogens is 667 g/mol. The number of aliphatic hydroxyl groups is 1. The smallest absolute Gasteiger partial charge is 0.286 e. The number of allylic oxidation sites excluding steroid dienone is 1. The average molecular weight is 716 g/mol. The van der Waals surface area contributed by atoms with Crippen molar-refractivity contribution in [3.63, 3.8) is 0 Å². The Hall–Kier alpha value is -4.16. The zero-order valence-electron chi connectivity index (χ0n) is 30.1. The molecule has 1 aromatic heterocycles. The van der Waals surface area contributed by atoms with Gasteiger partial charge in [-0.15, -0.1) is 9.46 Å². The van der Waals surface area contributed by atoms with Gasteiger partial charge in [0.2, 0.25) is 5.88 Å². The Morgan fingerprint density at radius 2 is 2.00 bits per heavy atom. The van der Waals surface area contributed by atoms with E-state index in [9.17, 15) is 18.9 Å². The average Bonchev–Trinajstić information content (AvgIpc) is 3.41. The summed E-state index contributed by atoms with van der Waals surface area (Å²) in [7, 11) is -0.636. The first-order valence-corrected chi connectivity index (χ1v) is 19.6. The summed E-state index contributed by atoms with van der Waals surface area (Å²) in [6.45, 7) is 7.69. The van der Waals surface area contributed by atoms with Crippen molar-refractivity contribution >= 4 is 27.4 Å². The molecule has 2 aliphatic carbocycles. The third kappa shape index (κ3) is 6.68. The second-order valence-electron chi connectivity index (χ2n) is 15.1. The zero-order valence-corrected chi connectivity index (χ0v) is 30.9. The lowest BCUT2D eigenvalue weighted by molar-refractivity contribution is 0.0455. The van der Waals surface area contributed by atoms with Gasteiger partial charge >= 0.3 is 0 Å². The summed E-state index contributed by atoms with van der Waals surface area (Å²) in [6.07, 6.45) is 10.1. The number of amides is 2. The highest BCUT2D eigenvalue weighted by molar-refractivity contribution is 7.93. The topological polar surface area (TPSA) is 135 Å². The van der Waals surface area contributed by atoms with Crippen molar-refractivity contribution in [1.29, 1.82) is 0 Å². The van der Waals surface area contributed by atoms with Gasteiger partial charge < -0.3 is 19.5 Å². The number of hydrogen-bond donors (Lipinski definition) is 2. The highest BCUT2D eigenvalue weighted by Gasteiger charge is 2.44. The Balaban J connectivity index is 1.32. The van der Waals surface area contributed by atoms with E-state index in [0.717, 1.165) is 37.8 Å². The van der Waals surface area contributed by atoms with Crippen LogP contribution in [0, 0.1) is 24.7 Å². The molecule has 51 heavy (non-hydrogen) atoms. The van der Waals surface area contributed by atoms with Gasteiger partial charge in [-0.1, -0.05) is 42.8 Å². The van der Waals surface area contributed by atoms with Crippen LogP contribution in [0.15, 0.2) is 59.1 Å². The van der Waals surface area contributed by atoms with Gasteiger partial charge in [0.15, 0.2) is 0 Å². The molecule has 3 aromatic rings. The Morgan fingerprint density at radius 1 is 1.18 bits per heavy atom. The molecule has 2 bridgehead atoms. The number of anilines is 1. The minimum Gasteiger partial charge on any atom is -0.490 e. The number of carbonyl (C=O) groups is 2. The normalized spacial score (nSPS) is 31.2. The summed E-state index contributed by atoms with van der Waals surface area (Å²) in [6, 6.07) is 12.0. The number of hydrogen-bond acceptors (Lipinski definition) is 8. The van der Waals surface area contributed by atoms with Crippen LogP contribution >= 0.6 is 0 Å². The Bertz CT molecular complexity index is 2000. The maximum atomic E-state index is 14.8. The van der Waals surface area contributed by atoms with Crippen LogP contribution in [0.5, 0.6) is 11.6 Å². The van der Waals surface area contributed by atoms with Crippen molar-refractivity contribution in [1.82, 2.24) is 14.5 Å². The molecule has 0 radical (unpaired) electrons. The van der Waals surface area contributed by atoms with Gasteiger partial charge in [-0.2, -0.15) is 0 Å². The summed E-state index contributed by atoms with van der Waals surface area (Å²) in [4.78, 5) is 30.0. The molecule has 2 N–H and O–H groups in total. The van der Waals surface area contributed by atoms with Crippen LogP contribution in [0.1, 0.15) is 83.4 Å². The van der Waals surface area contributed by atoms with Crippen molar-refractivity contribution in [2.45, 2.75) is 76.1 Å². The first kappa shape index (κ1) is 35.3. The van der Waals surface area contributed by atoms with E-state index in [2.05, 4.69) is 44.2 Å². The lowest BCUT2D eigenvalue weighted by Crippen LogP contribution is -2.49. The summed E-state index contributed by atoms with van der Waals surface area (Å²) < 4.78 is 35.1. The van der Waals surface area contributed by atoms with E-state index in [0.29, 0.717) is 31.9 Å². The highest BCUT2D eigenvalue weighted by Crippen LogP contribution is 2.46. The maximum absolute atomic E-state index is 14.8. The molecule has 272 valence electrons. The Morgan fingerprint density at radius 3 is 2.76 bits per heavy atom. The molecule has 0 saturated heterocycles. The summed E-state index contributed by atoms with van der Waals surface area (Å²) in [5, 5.41) is 14.8. The van der Waals surface area contributed by atoms with Gasteiger partial charge in [0.1, 0.15) is 21.2 Å². The van der Waals surface area contributed by atoms with Gasteiger partial charge in [-0.25, -0.2) is 4.21 Å². The highest BCUT2D eigenvalue weighted by atomic mass is 32.2. The number of nitrogens with one attached hydrogen (secondary N) is 1. The number of aliphatic hydroxyl groups excluding tert-OH is 1. The molecule has 12 heteroatoms. The van der Waals surface area contributed by atoms with E-state index in [1.807, 2.05) is 25.1 Å². The molecule has 2 aliphatic heterocycles. The number of nitrogens with zero attached hydrogens (tertiary/aromatic N) is 4. The number of carbonyl (C=O) groups excluding carboxylic acids is 2. The second kappa shape index (κ2) is 13.8. The summed E-state index contributed by atoms with van der Waals surface area (Å²) in [5.74, 6) is -0.523. The molecule has 7 rings (SSSR count). The minimum absolute atomic E-state index is 0.0730. The van der Waals surface area contributed by atoms with Crippen molar-refractivity contribution in [3.8, 4) is 11.6 Å². The van der Waals surface area contributed by atoms with Crippen LogP contribution in [0.4, 0.5) is 5.69 Å². The van der Waals surface area contributed by atoms with Crippen LogP contribution in [0.3, 0.4) is 0 Å². The lowest BCUT2D eigenvalue weighted by atomic mass is 9.68. The predicted molar refractivity (Wildman–Crippen MR) is 197 cm³/mol. The number of benzene rings is 2. The molecule has 4 aliphatic rings. The second-order valence-corrected chi connectivity index (χ2v) is 17.4. The zero-order chi connectivity index (χ0) is 36.1. The number of ether oxygens (including phenoxy) is 2. The Labute approximate surface area is 300 Å². The van der Waals surface area contributed by atoms with Gasteiger partial charge in [-0.05, 0) is 99.5 Å². The van der Waals surface area contributed by atoms with Crippen molar-refractivity contribution in [2.24, 2.45) is 29.2 Å². The van der Waals surface area contributed by atoms with Crippen molar-refractivity contribution < 1.29 is 28.4 Å². The molecule has 7 atom stereocenters. The molecule has 11 nitrogen and oxygen atoms in total. The van der Waals surface area contributed by atoms with Crippen molar-refractivity contribution in [3.05, 3.63) is 82.6 Å². The van der Waals surface area contributed by atoms with Gasteiger partial charge in [0.05, 0.1) is 30.8 Å². The van der Waals surface area contributed by atoms with Crippen LogP contribution < -0.4 is 19.1 Å². The van der Waals surface area contributed by atoms with E-state index < -0.39 is 33.1 Å².